The third-order valence-corrected chi connectivity index (χ3v) is 5.99. The van der Waals surface area contributed by atoms with Crippen LogP contribution in [0.25, 0.3) is 10.8 Å². The van der Waals surface area contributed by atoms with Gasteiger partial charge in [0.2, 0.25) is 0 Å². The SMILES string of the molecule is CCCCOc1ccc2ccccc2c1C1Nc2ccccc2C(=O)N1C(C)CC. The summed E-state index contributed by atoms with van der Waals surface area (Å²) in [7, 11) is 0. The Hall–Kier alpha value is -3.01. The maximum absolute atomic E-state index is 13.6. The average Bonchev–Trinajstić information content (AvgIpc) is 2.78. The van der Waals surface area contributed by atoms with E-state index < -0.39 is 0 Å². The molecule has 0 radical (unpaired) electrons. The van der Waals surface area contributed by atoms with Crippen molar-refractivity contribution in [2.24, 2.45) is 0 Å². The first kappa shape index (κ1) is 20.3. The van der Waals surface area contributed by atoms with Gasteiger partial charge >= 0.3 is 0 Å². The molecule has 1 aliphatic rings. The maximum Gasteiger partial charge on any atom is 0.258 e. The Bertz CT molecular complexity index is 1050. The molecule has 0 saturated carbocycles. The summed E-state index contributed by atoms with van der Waals surface area (Å²) in [4.78, 5) is 15.5. The van der Waals surface area contributed by atoms with Gasteiger partial charge in [0.25, 0.3) is 5.91 Å². The third-order valence-electron chi connectivity index (χ3n) is 5.99. The van der Waals surface area contributed by atoms with Crippen molar-refractivity contribution in [3.05, 3.63) is 71.8 Å². The van der Waals surface area contributed by atoms with Crippen LogP contribution in [0.5, 0.6) is 5.75 Å². The van der Waals surface area contributed by atoms with Crippen LogP contribution in [-0.2, 0) is 0 Å². The van der Waals surface area contributed by atoms with Gasteiger partial charge in [-0.15, -0.1) is 0 Å². The lowest BCUT2D eigenvalue weighted by Crippen LogP contribution is -2.47. The van der Waals surface area contributed by atoms with E-state index in [1.807, 2.05) is 41.3 Å². The molecule has 30 heavy (non-hydrogen) atoms. The molecular formula is C26H30N2O2. The summed E-state index contributed by atoms with van der Waals surface area (Å²) in [5.41, 5.74) is 2.63. The summed E-state index contributed by atoms with van der Waals surface area (Å²) in [6.45, 7) is 7.07. The third kappa shape index (κ3) is 3.62. The second kappa shape index (κ2) is 8.78. The van der Waals surface area contributed by atoms with Crippen molar-refractivity contribution in [3.8, 4) is 5.75 Å². The molecule has 4 heteroatoms. The van der Waals surface area contributed by atoms with Crippen molar-refractivity contribution in [2.45, 2.75) is 52.2 Å². The summed E-state index contributed by atoms with van der Waals surface area (Å²) in [6, 6.07) is 20.3. The first-order valence-electron chi connectivity index (χ1n) is 11.0. The number of para-hydroxylation sites is 1. The second-order valence-corrected chi connectivity index (χ2v) is 7.96. The van der Waals surface area contributed by atoms with Gasteiger partial charge in [0, 0.05) is 17.3 Å². The van der Waals surface area contributed by atoms with Crippen LogP contribution >= 0.6 is 0 Å². The van der Waals surface area contributed by atoms with Crippen LogP contribution in [0.4, 0.5) is 5.69 Å². The minimum absolute atomic E-state index is 0.0659. The lowest BCUT2D eigenvalue weighted by atomic mass is 9.96. The van der Waals surface area contributed by atoms with Crippen LogP contribution in [0.15, 0.2) is 60.7 Å². The van der Waals surface area contributed by atoms with Crippen LogP contribution in [0.1, 0.15) is 62.1 Å². The first-order chi connectivity index (χ1) is 14.7. The molecule has 0 fully saturated rings. The average molecular weight is 403 g/mol. The zero-order chi connectivity index (χ0) is 21.1. The van der Waals surface area contributed by atoms with Crippen LogP contribution < -0.4 is 10.1 Å². The predicted molar refractivity (Wildman–Crippen MR) is 123 cm³/mol. The minimum atomic E-state index is -0.287. The Labute approximate surface area is 178 Å². The predicted octanol–water partition coefficient (Wildman–Crippen LogP) is 6.38. The zero-order valence-electron chi connectivity index (χ0n) is 18.0. The standard InChI is InChI=1S/C26H30N2O2/c1-4-6-17-30-23-16-15-19-11-7-8-12-20(19)24(23)25-27-22-14-10-9-13-21(22)26(29)28(25)18(3)5-2/h7-16,18,25,27H,4-6,17H2,1-3H3. The summed E-state index contributed by atoms with van der Waals surface area (Å²) in [6.07, 6.45) is 2.67. The van der Waals surface area contributed by atoms with E-state index in [9.17, 15) is 4.79 Å². The Balaban J connectivity index is 1.89. The molecule has 4 rings (SSSR count). The minimum Gasteiger partial charge on any atom is -0.493 e. The Morgan fingerprint density at radius 3 is 2.60 bits per heavy atom. The van der Waals surface area contributed by atoms with Crippen molar-refractivity contribution in [1.29, 1.82) is 0 Å². The molecule has 1 heterocycles. The first-order valence-corrected chi connectivity index (χ1v) is 11.0. The number of carbonyl (C=O) groups excluding carboxylic acids is 1. The second-order valence-electron chi connectivity index (χ2n) is 7.96. The number of nitrogens with zero attached hydrogens (tertiary/aromatic N) is 1. The Morgan fingerprint density at radius 1 is 1.03 bits per heavy atom. The number of nitrogens with one attached hydrogen (secondary N) is 1. The van der Waals surface area contributed by atoms with Crippen molar-refractivity contribution in [2.75, 3.05) is 11.9 Å². The summed E-state index contributed by atoms with van der Waals surface area (Å²) in [5, 5.41) is 5.92. The van der Waals surface area contributed by atoms with E-state index in [2.05, 4.69) is 50.4 Å². The fourth-order valence-electron chi connectivity index (χ4n) is 4.14. The lowest BCUT2D eigenvalue weighted by molar-refractivity contribution is 0.0592. The van der Waals surface area contributed by atoms with Gasteiger partial charge in [0.1, 0.15) is 11.9 Å². The normalized spacial score (nSPS) is 16.8. The number of ether oxygens (including phenoxy) is 1. The number of anilines is 1. The van der Waals surface area contributed by atoms with Gasteiger partial charge in [-0.25, -0.2) is 0 Å². The van der Waals surface area contributed by atoms with E-state index >= 15 is 0 Å². The molecule has 0 saturated heterocycles. The van der Waals surface area contributed by atoms with E-state index in [1.54, 1.807) is 0 Å². The van der Waals surface area contributed by atoms with E-state index in [-0.39, 0.29) is 18.1 Å². The van der Waals surface area contributed by atoms with Crippen LogP contribution in [0.3, 0.4) is 0 Å². The molecule has 1 amide bonds. The Kier molecular flexibility index (Phi) is 5.93. The van der Waals surface area contributed by atoms with Gasteiger partial charge in [-0.3, -0.25) is 4.79 Å². The number of rotatable bonds is 7. The summed E-state index contributed by atoms with van der Waals surface area (Å²) in [5.74, 6) is 0.913. The smallest absolute Gasteiger partial charge is 0.258 e. The monoisotopic (exact) mass is 402 g/mol. The number of amides is 1. The summed E-state index contributed by atoms with van der Waals surface area (Å²) < 4.78 is 6.25. The number of hydrogen-bond acceptors (Lipinski definition) is 3. The van der Waals surface area contributed by atoms with Crippen LogP contribution in [-0.4, -0.2) is 23.5 Å². The van der Waals surface area contributed by atoms with Crippen molar-refractivity contribution in [3.63, 3.8) is 0 Å². The summed E-state index contributed by atoms with van der Waals surface area (Å²) >= 11 is 0. The molecule has 2 unspecified atom stereocenters. The molecule has 1 aliphatic heterocycles. The highest BCUT2D eigenvalue weighted by Gasteiger charge is 2.37. The molecule has 0 aromatic heterocycles. The number of benzene rings is 3. The molecule has 2 atom stereocenters. The molecular weight excluding hydrogens is 372 g/mol. The van der Waals surface area contributed by atoms with Gasteiger partial charge < -0.3 is 15.0 Å². The van der Waals surface area contributed by atoms with Gasteiger partial charge in [0.05, 0.1) is 12.2 Å². The highest BCUT2D eigenvalue weighted by molar-refractivity contribution is 6.02. The highest BCUT2D eigenvalue weighted by Crippen LogP contribution is 2.41. The van der Waals surface area contributed by atoms with E-state index in [1.165, 1.54) is 0 Å². The van der Waals surface area contributed by atoms with Crippen LogP contribution in [0.2, 0.25) is 0 Å². The van der Waals surface area contributed by atoms with Crippen molar-refractivity contribution >= 4 is 22.4 Å². The van der Waals surface area contributed by atoms with Gasteiger partial charge in [-0.1, -0.05) is 62.7 Å². The number of carbonyl (C=O) groups is 1. The van der Waals surface area contributed by atoms with Crippen molar-refractivity contribution < 1.29 is 9.53 Å². The lowest BCUT2D eigenvalue weighted by Gasteiger charge is -2.42. The molecule has 0 aliphatic carbocycles. The van der Waals surface area contributed by atoms with E-state index in [0.29, 0.717) is 6.61 Å². The number of fused-ring (bicyclic) bond motifs is 2. The molecule has 156 valence electrons. The molecule has 3 aromatic rings. The molecule has 4 nitrogen and oxygen atoms in total. The maximum atomic E-state index is 13.6. The molecule has 3 aromatic carbocycles. The largest absolute Gasteiger partial charge is 0.493 e. The Morgan fingerprint density at radius 2 is 1.80 bits per heavy atom. The molecule has 1 N–H and O–H groups in total. The number of hydrogen-bond donors (Lipinski definition) is 1. The van der Waals surface area contributed by atoms with Gasteiger partial charge in [-0.05, 0) is 48.7 Å². The van der Waals surface area contributed by atoms with Gasteiger partial charge in [-0.2, -0.15) is 0 Å². The fourth-order valence-corrected chi connectivity index (χ4v) is 4.14. The number of unbranched alkanes of at least 4 members (excludes halogenated alkanes) is 1. The zero-order valence-corrected chi connectivity index (χ0v) is 18.0. The van der Waals surface area contributed by atoms with Crippen LogP contribution in [0, 0.1) is 0 Å². The fraction of sp³-hybridized carbons (Fsp3) is 0.346. The topological polar surface area (TPSA) is 41.6 Å². The highest BCUT2D eigenvalue weighted by atomic mass is 16.5. The van der Waals surface area contributed by atoms with E-state index in [4.69, 9.17) is 4.74 Å². The molecule has 0 spiro atoms. The van der Waals surface area contributed by atoms with Crippen molar-refractivity contribution in [1.82, 2.24) is 4.90 Å². The quantitative estimate of drug-likeness (QED) is 0.466. The molecule has 0 bridgehead atoms. The van der Waals surface area contributed by atoms with Gasteiger partial charge in [0.15, 0.2) is 0 Å². The van der Waals surface area contributed by atoms with E-state index in [0.717, 1.165) is 52.6 Å².